The second kappa shape index (κ2) is 4.82. The first kappa shape index (κ1) is 11.9. The number of nitrogens with two attached hydrogens (primary N) is 1. The molecular weight excluding hydrogens is 270 g/mol. The van der Waals surface area contributed by atoms with Crippen molar-refractivity contribution in [1.29, 1.82) is 0 Å². The Balaban J connectivity index is 1.92. The van der Waals surface area contributed by atoms with Gasteiger partial charge in [0, 0.05) is 16.3 Å². The van der Waals surface area contributed by atoms with Crippen LogP contribution < -0.4 is 5.73 Å². The van der Waals surface area contributed by atoms with Crippen molar-refractivity contribution in [3.05, 3.63) is 29.0 Å². The molecule has 2 N–H and O–H groups in total. The van der Waals surface area contributed by atoms with Crippen molar-refractivity contribution in [1.82, 2.24) is 10.1 Å². The van der Waals surface area contributed by atoms with Crippen LogP contribution in [-0.4, -0.2) is 15.9 Å². The van der Waals surface area contributed by atoms with Gasteiger partial charge in [0.2, 0.25) is 0 Å². The van der Waals surface area contributed by atoms with E-state index in [0.717, 1.165) is 17.8 Å². The Morgan fingerprint density at radius 2 is 2.28 bits per heavy atom. The minimum absolute atomic E-state index is 0.360. The van der Waals surface area contributed by atoms with Gasteiger partial charge in [-0.15, -0.1) is 0 Å². The average Bonchev–Trinajstić information content (AvgIpc) is 2.99. The molecule has 1 aromatic heterocycles. The third-order valence-electron chi connectivity index (χ3n) is 2.83. The number of rotatable bonds is 2. The molecule has 2 aromatic rings. The van der Waals surface area contributed by atoms with Gasteiger partial charge in [-0.2, -0.15) is 16.7 Å². The molecule has 1 saturated heterocycles. The van der Waals surface area contributed by atoms with Crippen LogP contribution in [-0.2, 0) is 0 Å². The van der Waals surface area contributed by atoms with Crippen LogP contribution in [0.4, 0.5) is 5.69 Å². The van der Waals surface area contributed by atoms with E-state index in [1.54, 1.807) is 18.2 Å². The number of aromatic nitrogens is 2. The molecule has 1 aliphatic rings. The molecule has 2 heterocycles. The van der Waals surface area contributed by atoms with Crippen molar-refractivity contribution in [2.45, 2.75) is 18.1 Å². The van der Waals surface area contributed by atoms with E-state index in [2.05, 4.69) is 10.1 Å². The molecule has 1 atom stereocenters. The Morgan fingerprint density at radius 3 is 3.00 bits per heavy atom. The van der Waals surface area contributed by atoms with E-state index in [1.807, 2.05) is 11.8 Å². The maximum atomic E-state index is 5.96. The van der Waals surface area contributed by atoms with E-state index in [0.29, 0.717) is 21.9 Å². The molecule has 0 aliphatic carbocycles. The van der Waals surface area contributed by atoms with E-state index in [4.69, 9.17) is 21.9 Å². The maximum Gasteiger partial charge on any atom is 0.258 e. The molecule has 6 heteroatoms. The van der Waals surface area contributed by atoms with Crippen LogP contribution in [0.1, 0.15) is 23.9 Å². The number of anilines is 1. The molecule has 0 spiro atoms. The molecule has 1 aliphatic heterocycles. The zero-order valence-electron chi connectivity index (χ0n) is 9.60. The van der Waals surface area contributed by atoms with Crippen molar-refractivity contribution in [3.8, 4) is 11.5 Å². The Hall–Kier alpha value is -1.20. The first-order valence-corrected chi connectivity index (χ1v) is 7.17. The second-order valence-electron chi connectivity index (χ2n) is 4.23. The van der Waals surface area contributed by atoms with Gasteiger partial charge in [-0.05, 0) is 36.8 Å². The molecule has 1 aromatic carbocycles. The lowest BCUT2D eigenvalue weighted by Crippen LogP contribution is -1.91. The monoisotopic (exact) mass is 281 g/mol. The van der Waals surface area contributed by atoms with Crippen molar-refractivity contribution in [2.24, 2.45) is 0 Å². The predicted octanol–water partition coefficient (Wildman–Crippen LogP) is 3.54. The number of thioether (sulfide) groups is 1. The lowest BCUT2D eigenvalue weighted by Gasteiger charge is -2.00. The average molecular weight is 282 g/mol. The Morgan fingerprint density at radius 1 is 1.39 bits per heavy atom. The van der Waals surface area contributed by atoms with Crippen LogP contribution in [0.3, 0.4) is 0 Å². The number of hydrogen-bond donors (Lipinski definition) is 1. The summed E-state index contributed by atoms with van der Waals surface area (Å²) in [7, 11) is 0. The van der Waals surface area contributed by atoms with Crippen LogP contribution in [0.25, 0.3) is 11.5 Å². The standard InChI is InChI=1S/C12H12ClN3OS/c13-8-4-7(5-9(14)6-8)12-15-11(16-17-12)10-2-1-3-18-10/h4-6,10H,1-3,14H2. The topological polar surface area (TPSA) is 64.9 Å². The van der Waals surface area contributed by atoms with Gasteiger partial charge in [0.1, 0.15) is 0 Å². The van der Waals surface area contributed by atoms with Crippen molar-refractivity contribution < 1.29 is 4.52 Å². The van der Waals surface area contributed by atoms with E-state index >= 15 is 0 Å². The summed E-state index contributed by atoms with van der Waals surface area (Å²) in [5.74, 6) is 2.41. The summed E-state index contributed by atoms with van der Waals surface area (Å²) < 4.78 is 5.28. The largest absolute Gasteiger partial charge is 0.399 e. The van der Waals surface area contributed by atoms with Crippen molar-refractivity contribution >= 4 is 29.1 Å². The number of nitrogens with zero attached hydrogens (tertiary/aromatic N) is 2. The van der Waals surface area contributed by atoms with Crippen LogP contribution in [0.2, 0.25) is 5.02 Å². The predicted molar refractivity (Wildman–Crippen MR) is 73.6 cm³/mol. The molecule has 3 rings (SSSR count). The molecule has 94 valence electrons. The van der Waals surface area contributed by atoms with Crippen LogP contribution in [0, 0.1) is 0 Å². The highest BCUT2D eigenvalue weighted by Gasteiger charge is 2.23. The fraction of sp³-hybridized carbons (Fsp3) is 0.333. The third kappa shape index (κ3) is 2.33. The van der Waals surface area contributed by atoms with Crippen molar-refractivity contribution in [2.75, 3.05) is 11.5 Å². The molecular formula is C12H12ClN3OS. The Bertz CT molecular complexity index is 546. The minimum Gasteiger partial charge on any atom is -0.399 e. The zero-order chi connectivity index (χ0) is 12.5. The van der Waals surface area contributed by atoms with Gasteiger partial charge in [0.25, 0.3) is 5.89 Å². The summed E-state index contributed by atoms with van der Waals surface area (Å²) in [5.41, 5.74) is 7.10. The highest BCUT2D eigenvalue weighted by Crippen LogP contribution is 2.39. The van der Waals surface area contributed by atoms with E-state index in [9.17, 15) is 0 Å². The molecule has 0 bridgehead atoms. The van der Waals surface area contributed by atoms with Gasteiger partial charge >= 0.3 is 0 Å². The minimum atomic E-state index is 0.360. The van der Waals surface area contributed by atoms with Crippen LogP contribution in [0.15, 0.2) is 22.7 Å². The van der Waals surface area contributed by atoms with E-state index < -0.39 is 0 Å². The molecule has 18 heavy (non-hydrogen) atoms. The summed E-state index contributed by atoms with van der Waals surface area (Å²) in [6.07, 6.45) is 2.32. The highest BCUT2D eigenvalue weighted by atomic mass is 35.5. The molecule has 0 amide bonds. The first-order chi connectivity index (χ1) is 8.72. The molecule has 0 saturated carbocycles. The lowest BCUT2D eigenvalue weighted by molar-refractivity contribution is 0.421. The first-order valence-electron chi connectivity index (χ1n) is 5.74. The summed E-state index contributed by atoms with van der Waals surface area (Å²) in [5, 5.41) is 4.97. The van der Waals surface area contributed by atoms with Gasteiger partial charge in [-0.25, -0.2) is 0 Å². The van der Waals surface area contributed by atoms with Gasteiger partial charge < -0.3 is 10.3 Å². The van der Waals surface area contributed by atoms with E-state index in [1.165, 1.54) is 12.2 Å². The fourth-order valence-electron chi connectivity index (χ4n) is 2.00. The van der Waals surface area contributed by atoms with Crippen molar-refractivity contribution in [3.63, 3.8) is 0 Å². The Labute approximate surface area is 114 Å². The fourth-order valence-corrected chi connectivity index (χ4v) is 3.44. The second-order valence-corrected chi connectivity index (χ2v) is 5.98. The van der Waals surface area contributed by atoms with E-state index in [-0.39, 0.29) is 0 Å². The number of benzene rings is 1. The summed E-state index contributed by atoms with van der Waals surface area (Å²) >= 11 is 7.83. The number of halogens is 1. The normalized spacial score (nSPS) is 19.3. The smallest absolute Gasteiger partial charge is 0.258 e. The maximum absolute atomic E-state index is 5.96. The molecule has 0 radical (unpaired) electrons. The number of hydrogen-bond acceptors (Lipinski definition) is 5. The van der Waals surface area contributed by atoms with Gasteiger partial charge in [-0.1, -0.05) is 16.8 Å². The third-order valence-corrected chi connectivity index (χ3v) is 4.42. The van der Waals surface area contributed by atoms with Crippen LogP contribution in [0.5, 0.6) is 0 Å². The number of nitrogen functional groups attached to an aromatic ring is 1. The lowest BCUT2D eigenvalue weighted by atomic mass is 10.2. The quantitative estimate of drug-likeness (QED) is 0.853. The summed E-state index contributed by atoms with van der Waals surface area (Å²) in [6, 6.07) is 5.25. The Kier molecular flexibility index (Phi) is 3.18. The SMILES string of the molecule is Nc1cc(Cl)cc(-c2nc(C3CCCS3)no2)c1. The molecule has 1 unspecified atom stereocenters. The van der Waals surface area contributed by atoms with Crippen LogP contribution >= 0.6 is 23.4 Å². The van der Waals surface area contributed by atoms with Gasteiger partial charge in [0.15, 0.2) is 5.82 Å². The zero-order valence-corrected chi connectivity index (χ0v) is 11.2. The molecule has 1 fully saturated rings. The van der Waals surface area contributed by atoms with Gasteiger partial charge in [0.05, 0.1) is 5.25 Å². The summed E-state index contributed by atoms with van der Waals surface area (Å²) in [4.78, 5) is 4.43. The highest BCUT2D eigenvalue weighted by molar-refractivity contribution is 7.99. The van der Waals surface area contributed by atoms with Gasteiger partial charge in [-0.3, -0.25) is 0 Å². The summed E-state index contributed by atoms with van der Waals surface area (Å²) in [6.45, 7) is 0. The molecule has 4 nitrogen and oxygen atoms in total.